The molecule has 0 aliphatic rings. The van der Waals surface area contributed by atoms with Crippen molar-refractivity contribution in [2.24, 2.45) is 4.99 Å². The highest BCUT2D eigenvalue weighted by Gasteiger charge is 2.04. The van der Waals surface area contributed by atoms with E-state index >= 15 is 0 Å². The quantitative estimate of drug-likeness (QED) is 0.636. The Morgan fingerprint density at radius 3 is 2.57 bits per heavy atom. The highest BCUT2D eigenvalue weighted by molar-refractivity contribution is 5.93. The summed E-state index contributed by atoms with van der Waals surface area (Å²) in [6.45, 7) is 9.92. The van der Waals surface area contributed by atoms with Crippen LogP contribution in [-0.4, -0.2) is 37.4 Å². The average Bonchev–Trinajstić information content (AvgIpc) is 2.58. The molecule has 0 aliphatic carbocycles. The molecular formula is C20H28N2O. The van der Waals surface area contributed by atoms with E-state index in [1.807, 2.05) is 18.2 Å². The van der Waals surface area contributed by atoms with Crippen LogP contribution in [0, 0.1) is 0 Å². The molecule has 0 heterocycles. The van der Waals surface area contributed by atoms with Crippen LogP contribution in [0.2, 0.25) is 0 Å². The van der Waals surface area contributed by atoms with Crippen molar-refractivity contribution in [1.82, 2.24) is 4.90 Å². The summed E-state index contributed by atoms with van der Waals surface area (Å²) in [4.78, 5) is 7.24. The standard InChI is InChI=1S/C20H28N2O/c1-5-22(6-2)13-9-10-16(3)21-18-14-17-11-7-8-12-19(17)20(15-18)23-4/h7-8,11-12,14-15H,5-6,9-10,13H2,1-4H3. The molecule has 0 radical (unpaired) electrons. The first-order valence-electron chi connectivity index (χ1n) is 8.51. The van der Waals surface area contributed by atoms with Gasteiger partial charge in [-0.2, -0.15) is 0 Å². The van der Waals surface area contributed by atoms with Gasteiger partial charge in [0.25, 0.3) is 0 Å². The van der Waals surface area contributed by atoms with Gasteiger partial charge in [-0.1, -0.05) is 38.1 Å². The molecule has 0 saturated carbocycles. The van der Waals surface area contributed by atoms with Crippen molar-refractivity contribution in [1.29, 1.82) is 0 Å². The van der Waals surface area contributed by atoms with Gasteiger partial charge in [-0.05, 0) is 50.9 Å². The van der Waals surface area contributed by atoms with Gasteiger partial charge in [0, 0.05) is 17.2 Å². The summed E-state index contributed by atoms with van der Waals surface area (Å²) in [7, 11) is 1.71. The highest BCUT2D eigenvalue weighted by Crippen LogP contribution is 2.31. The van der Waals surface area contributed by atoms with E-state index in [-0.39, 0.29) is 0 Å². The lowest BCUT2D eigenvalue weighted by atomic mass is 10.1. The second kappa shape index (κ2) is 8.68. The predicted molar refractivity (Wildman–Crippen MR) is 100 cm³/mol. The lowest BCUT2D eigenvalue weighted by Crippen LogP contribution is -2.24. The second-order valence-corrected chi connectivity index (χ2v) is 5.85. The maximum Gasteiger partial charge on any atom is 0.128 e. The number of methoxy groups -OCH3 is 1. The molecule has 2 rings (SSSR count). The third kappa shape index (κ3) is 4.80. The smallest absolute Gasteiger partial charge is 0.128 e. The number of hydrogen-bond donors (Lipinski definition) is 0. The van der Waals surface area contributed by atoms with Crippen molar-refractivity contribution in [2.75, 3.05) is 26.7 Å². The SMILES string of the molecule is CCN(CC)CCCC(C)=Nc1cc(OC)c2ccccc2c1. The van der Waals surface area contributed by atoms with Gasteiger partial charge in [-0.25, -0.2) is 0 Å². The Morgan fingerprint density at radius 2 is 1.87 bits per heavy atom. The first-order chi connectivity index (χ1) is 11.2. The molecule has 2 aromatic carbocycles. The Kier molecular flexibility index (Phi) is 6.60. The van der Waals surface area contributed by atoms with E-state index < -0.39 is 0 Å². The first-order valence-corrected chi connectivity index (χ1v) is 8.51. The number of ether oxygens (including phenoxy) is 1. The van der Waals surface area contributed by atoms with E-state index in [1.54, 1.807) is 7.11 Å². The number of hydrogen-bond acceptors (Lipinski definition) is 3. The molecule has 0 aliphatic heterocycles. The molecule has 3 heteroatoms. The van der Waals surface area contributed by atoms with Gasteiger partial charge < -0.3 is 9.64 Å². The van der Waals surface area contributed by atoms with Gasteiger partial charge in [-0.3, -0.25) is 4.99 Å². The zero-order valence-corrected chi connectivity index (χ0v) is 14.8. The minimum absolute atomic E-state index is 0.887. The lowest BCUT2D eigenvalue weighted by molar-refractivity contribution is 0.302. The molecule has 124 valence electrons. The van der Waals surface area contributed by atoms with Gasteiger partial charge in [0.1, 0.15) is 5.75 Å². The van der Waals surface area contributed by atoms with Crippen LogP contribution in [0.4, 0.5) is 5.69 Å². The monoisotopic (exact) mass is 312 g/mol. The number of nitrogens with zero attached hydrogens (tertiary/aromatic N) is 2. The summed E-state index contributed by atoms with van der Waals surface area (Å²) in [5.41, 5.74) is 2.15. The van der Waals surface area contributed by atoms with Gasteiger partial charge in [0.05, 0.1) is 12.8 Å². The van der Waals surface area contributed by atoms with Gasteiger partial charge >= 0.3 is 0 Å². The lowest BCUT2D eigenvalue weighted by Gasteiger charge is -2.17. The van der Waals surface area contributed by atoms with Crippen molar-refractivity contribution >= 4 is 22.2 Å². The van der Waals surface area contributed by atoms with Crippen molar-refractivity contribution in [3.05, 3.63) is 36.4 Å². The Labute approximate surface area is 140 Å². The molecular weight excluding hydrogens is 284 g/mol. The number of benzene rings is 2. The molecule has 0 fully saturated rings. The Balaban J connectivity index is 2.10. The predicted octanol–water partition coefficient (Wildman–Crippen LogP) is 5.06. The third-order valence-electron chi connectivity index (χ3n) is 4.26. The van der Waals surface area contributed by atoms with Gasteiger partial charge in [-0.15, -0.1) is 0 Å². The van der Waals surface area contributed by atoms with Crippen LogP contribution < -0.4 is 4.74 Å². The second-order valence-electron chi connectivity index (χ2n) is 5.85. The molecule has 0 unspecified atom stereocenters. The number of aliphatic imine (C=N–C) groups is 1. The fourth-order valence-electron chi connectivity index (χ4n) is 2.87. The van der Waals surface area contributed by atoms with Crippen molar-refractivity contribution < 1.29 is 4.74 Å². The third-order valence-corrected chi connectivity index (χ3v) is 4.26. The summed E-state index contributed by atoms with van der Waals surface area (Å²) >= 11 is 0. The van der Waals surface area contributed by atoms with Crippen LogP contribution in [0.3, 0.4) is 0 Å². The van der Waals surface area contributed by atoms with E-state index in [9.17, 15) is 0 Å². The van der Waals surface area contributed by atoms with Crippen LogP contribution in [0.1, 0.15) is 33.6 Å². The summed E-state index contributed by atoms with van der Waals surface area (Å²) < 4.78 is 5.52. The van der Waals surface area contributed by atoms with E-state index in [1.165, 1.54) is 11.1 Å². The van der Waals surface area contributed by atoms with Crippen LogP contribution >= 0.6 is 0 Å². The molecule has 23 heavy (non-hydrogen) atoms. The van der Waals surface area contributed by atoms with E-state index in [4.69, 9.17) is 9.73 Å². The zero-order chi connectivity index (χ0) is 16.7. The van der Waals surface area contributed by atoms with Crippen LogP contribution in [0.15, 0.2) is 41.4 Å². The zero-order valence-electron chi connectivity index (χ0n) is 14.8. The van der Waals surface area contributed by atoms with E-state index in [0.29, 0.717) is 0 Å². The molecule has 0 amide bonds. The van der Waals surface area contributed by atoms with E-state index in [2.05, 4.69) is 43.9 Å². The molecule has 3 nitrogen and oxygen atoms in total. The van der Waals surface area contributed by atoms with Gasteiger partial charge in [0.2, 0.25) is 0 Å². The average molecular weight is 312 g/mol. The topological polar surface area (TPSA) is 24.8 Å². The summed E-state index contributed by atoms with van der Waals surface area (Å²) in [5, 5.41) is 2.30. The molecule has 0 spiro atoms. The van der Waals surface area contributed by atoms with E-state index in [0.717, 1.165) is 49.3 Å². The molecule has 0 bridgehead atoms. The Morgan fingerprint density at radius 1 is 1.13 bits per heavy atom. The summed E-state index contributed by atoms with van der Waals surface area (Å²) in [6, 6.07) is 12.4. The largest absolute Gasteiger partial charge is 0.496 e. The first kappa shape index (κ1) is 17.5. The molecule has 0 N–H and O–H groups in total. The van der Waals surface area contributed by atoms with Crippen molar-refractivity contribution in [3.8, 4) is 5.75 Å². The van der Waals surface area contributed by atoms with Crippen molar-refractivity contribution in [3.63, 3.8) is 0 Å². The maximum atomic E-state index is 5.52. The molecule has 0 atom stereocenters. The van der Waals surface area contributed by atoms with Crippen LogP contribution in [-0.2, 0) is 0 Å². The maximum absolute atomic E-state index is 5.52. The van der Waals surface area contributed by atoms with Crippen LogP contribution in [0.25, 0.3) is 10.8 Å². The normalized spacial score (nSPS) is 12.1. The van der Waals surface area contributed by atoms with Crippen molar-refractivity contribution in [2.45, 2.75) is 33.6 Å². The minimum Gasteiger partial charge on any atom is -0.496 e. The number of fused-ring (bicyclic) bond motifs is 1. The van der Waals surface area contributed by atoms with Gasteiger partial charge in [0.15, 0.2) is 0 Å². The fraction of sp³-hybridized carbons (Fsp3) is 0.450. The number of rotatable bonds is 8. The molecule has 2 aromatic rings. The molecule has 0 aromatic heterocycles. The fourth-order valence-corrected chi connectivity index (χ4v) is 2.87. The Bertz CT molecular complexity index is 660. The Hall–Kier alpha value is -1.87. The minimum atomic E-state index is 0.887. The summed E-state index contributed by atoms with van der Waals surface area (Å²) in [5.74, 6) is 0.887. The molecule has 0 saturated heterocycles. The van der Waals surface area contributed by atoms with Crippen LogP contribution in [0.5, 0.6) is 5.75 Å². The highest BCUT2D eigenvalue weighted by atomic mass is 16.5. The summed E-state index contributed by atoms with van der Waals surface area (Å²) in [6.07, 6.45) is 2.19.